The van der Waals surface area contributed by atoms with Gasteiger partial charge in [-0.3, -0.25) is 0 Å². The van der Waals surface area contributed by atoms with E-state index in [1.165, 1.54) is 0 Å². The predicted octanol–water partition coefficient (Wildman–Crippen LogP) is 2.95. The van der Waals surface area contributed by atoms with Crippen LogP contribution in [0.2, 0.25) is 0 Å². The molecule has 0 aromatic carbocycles. The molecule has 1 rings (SSSR count). The third-order valence-corrected chi connectivity index (χ3v) is 1.50. The molecule has 0 fully saturated rings. The first-order valence-electron chi connectivity index (χ1n) is 3.84. The summed E-state index contributed by atoms with van der Waals surface area (Å²) in [6, 6.07) is 5.53. The SMILES string of the molecule is CC.Cc1ccc(C#N)c(=S)[nH]1. The van der Waals surface area contributed by atoms with Crippen molar-refractivity contribution in [3.8, 4) is 6.07 Å². The number of nitrogens with one attached hydrogen (secondary N) is 1. The van der Waals surface area contributed by atoms with E-state index >= 15 is 0 Å². The molecule has 2 nitrogen and oxygen atoms in total. The van der Waals surface area contributed by atoms with E-state index in [-0.39, 0.29) is 0 Å². The molecule has 1 N–H and O–H groups in total. The number of rotatable bonds is 0. The predicted molar refractivity (Wildman–Crippen MR) is 52.4 cm³/mol. The van der Waals surface area contributed by atoms with Crippen molar-refractivity contribution >= 4 is 12.2 Å². The minimum atomic E-state index is 0.516. The summed E-state index contributed by atoms with van der Waals surface area (Å²) in [5, 5.41) is 8.47. The molecule has 0 aliphatic heterocycles. The molecule has 0 saturated heterocycles. The van der Waals surface area contributed by atoms with E-state index < -0.39 is 0 Å². The zero-order chi connectivity index (χ0) is 9.56. The van der Waals surface area contributed by atoms with E-state index in [2.05, 4.69) is 4.98 Å². The lowest BCUT2D eigenvalue weighted by atomic mass is 10.3. The highest BCUT2D eigenvalue weighted by Crippen LogP contribution is 1.99. The smallest absolute Gasteiger partial charge is 0.121 e. The second kappa shape index (κ2) is 5.50. The standard InChI is InChI=1S/C7H6N2S.C2H6/c1-5-2-3-6(4-8)7(10)9-5;1-2/h2-3H,1H3,(H,9,10);1-2H3. The van der Waals surface area contributed by atoms with E-state index in [0.29, 0.717) is 10.2 Å². The van der Waals surface area contributed by atoms with Gasteiger partial charge in [0.25, 0.3) is 0 Å². The van der Waals surface area contributed by atoms with Crippen LogP contribution in [0.25, 0.3) is 0 Å². The van der Waals surface area contributed by atoms with Crippen LogP contribution in [0.4, 0.5) is 0 Å². The summed E-state index contributed by atoms with van der Waals surface area (Å²) in [4.78, 5) is 2.88. The van der Waals surface area contributed by atoms with Crippen molar-refractivity contribution in [2.45, 2.75) is 20.8 Å². The van der Waals surface area contributed by atoms with Gasteiger partial charge in [-0.15, -0.1) is 0 Å². The van der Waals surface area contributed by atoms with E-state index in [0.717, 1.165) is 5.69 Å². The molecule has 0 bridgehead atoms. The van der Waals surface area contributed by atoms with Crippen LogP contribution in [0.3, 0.4) is 0 Å². The quantitative estimate of drug-likeness (QED) is 0.623. The number of nitrogens with zero attached hydrogens (tertiary/aromatic N) is 1. The number of hydrogen-bond donors (Lipinski definition) is 1. The zero-order valence-electron chi connectivity index (χ0n) is 7.51. The molecular weight excluding hydrogens is 168 g/mol. The highest BCUT2D eigenvalue weighted by molar-refractivity contribution is 7.71. The number of pyridine rings is 1. The van der Waals surface area contributed by atoms with Gasteiger partial charge in [-0.05, 0) is 19.1 Å². The Bertz CT molecular complexity index is 333. The Labute approximate surface area is 77.9 Å². The van der Waals surface area contributed by atoms with Gasteiger partial charge in [0.05, 0.1) is 5.56 Å². The number of H-pyrrole nitrogens is 1. The minimum absolute atomic E-state index is 0.516. The number of aromatic nitrogens is 1. The third kappa shape index (κ3) is 2.85. The maximum absolute atomic E-state index is 8.47. The van der Waals surface area contributed by atoms with E-state index in [9.17, 15) is 0 Å². The second-order valence-electron chi connectivity index (χ2n) is 2.00. The van der Waals surface area contributed by atoms with Crippen LogP contribution in [0.1, 0.15) is 25.1 Å². The Morgan fingerprint density at radius 1 is 1.42 bits per heavy atom. The third-order valence-electron chi connectivity index (χ3n) is 1.18. The largest absolute Gasteiger partial charge is 0.349 e. The van der Waals surface area contributed by atoms with Crippen LogP contribution < -0.4 is 0 Å². The summed E-state index contributed by atoms with van der Waals surface area (Å²) in [5.41, 5.74) is 1.50. The highest BCUT2D eigenvalue weighted by atomic mass is 32.1. The molecule has 0 amide bonds. The van der Waals surface area contributed by atoms with Crippen molar-refractivity contribution in [2.75, 3.05) is 0 Å². The number of aryl methyl sites for hydroxylation is 1. The second-order valence-corrected chi connectivity index (χ2v) is 2.40. The van der Waals surface area contributed by atoms with Crippen molar-refractivity contribution < 1.29 is 0 Å². The van der Waals surface area contributed by atoms with Crippen molar-refractivity contribution in [1.82, 2.24) is 4.98 Å². The molecule has 0 aliphatic carbocycles. The van der Waals surface area contributed by atoms with E-state index in [4.69, 9.17) is 17.5 Å². The molecule has 1 heterocycles. The Kier molecular flexibility index (Phi) is 4.98. The average molecular weight is 180 g/mol. The van der Waals surface area contributed by atoms with Crippen molar-refractivity contribution in [1.29, 1.82) is 5.26 Å². The molecule has 0 radical (unpaired) electrons. The fraction of sp³-hybridized carbons (Fsp3) is 0.333. The van der Waals surface area contributed by atoms with Crippen LogP contribution in [0.5, 0.6) is 0 Å². The molecule has 1 aromatic heterocycles. The van der Waals surface area contributed by atoms with E-state index in [1.54, 1.807) is 6.07 Å². The lowest BCUT2D eigenvalue weighted by molar-refractivity contribution is 1.17. The van der Waals surface area contributed by atoms with Crippen LogP contribution in [-0.4, -0.2) is 4.98 Å². The molecule has 0 atom stereocenters. The Morgan fingerprint density at radius 3 is 2.42 bits per heavy atom. The molecular formula is C9H12N2S. The van der Waals surface area contributed by atoms with Gasteiger partial charge in [0.1, 0.15) is 10.7 Å². The average Bonchev–Trinajstić information content (AvgIpc) is 2.08. The van der Waals surface area contributed by atoms with Gasteiger partial charge in [-0.1, -0.05) is 26.1 Å². The monoisotopic (exact) mass is 180 g/mol. The van der Waals surface area contributed by atoms with Gasteiger partial charge in [-0.2, -0.15) is 5.26 Å². The minimum Gasteiger partial charge on any atom is -0.349 e. The molecule has 0 spiro atoms. The maximum atomic E-state index is 8.47. The number of hydrogen-bond acceptors (Lipinski definition) is 2. The summed E-state index contributed by atoms with van der Waals surface area (Å²) in [6.45, 7) is 5.90. The molecule has 0 unspecified atom stereocenters. The molecule has 12 heavy (non-hydrogen) atoms. The topological polar surface area (TPSA) is 39.6 Å². The normalized spacial score (nSPS) is 7.83. The molecule has 0 aliphatic rings. The lowest BCUT2D eigenvalue weighted by Crippen LogP contribution is -1.83. The van der Waals surface area contributed by atoms with E-state index in [1.807, 2.05) is 32.9 Å². The first-order valence-corrected chi connectivity index (χ1v) is 4.25. The van der Waals surface area contributed by atoms with Gasteiger partial charge in [-0.25, -0.2) is 0 Å². The summed E-state index contributed by atoms with van der Waals surface area (Å²) in [6.07, 6.45) is 0. The van der Waals surface area contributed by atoms with Crippen molar-refractivity contribution in [3.05, 3.63) is 28.0 Å². The van der Waals surface area contributed by atoms with Gasteiger partial charge >= 0.3 is 0 Å². The lowest BCUT2D eigenvalue weighted by Gasteiger charge is -1.91. The number of nitriles is 1. The first-order chi connectivity index (χ1) is 5.74. The summed E-state index contributed by atoms with van der Waals surface area (Å²) >= 11 is 4.86. The van der Waals surface area contributed by atoms with Gasteiger partial charge < -0.3 is 4.98 Å². The zero-order valence-corrected chi connectivity index (χ0v) is 8.33. The fourth-order valence-electron chi connectivity index (χ4n) is 0.660. The Morgan fingerprint density at radius 2 is 2.00 bits per heavy atom. The molecule has 0 saturated carbocycles. The maximum Gasteiger partial charge on any atom is 0.121 e. The van der Waals surface area contributed by atoms with Crippen LogP contribution in [0.15, 0.2) is 12.1 Å². The summed E-state index contributed by atoms with van der Waals surface area (Å²) in [7, 11) is 0. The summed E-state index contributed by atoms with van der Waals surface area (Å²) in [5.74, 6) is 0. The number of aromatic amines is 1. The van der Waals surface area contributed by atoms with Crippen molar-refractivity contribution in [3.63, 3.8) is 0 Å². The molecule has 64 valence electrons. The summed E-state index contributed by atoms with van der Waals surface area (Å²) < 4.78 is 0.516. The molecule has 1 aromatic rings. The Balaban J connectivity index is 0.000000561. The highest BCUT2D eigenvalue weighted by Gasteiger charge is 1.90. The molecule has 3 heteroatoms. The van der Waals surface area contributed by atoms with Crippen LogP contribution >= 0.6 is 12.2 Å². The van der Waals surface area contributed by atoms with Crippen molar-refractivity contribution in [2.24, 2.45) is 0 Å². The van der Waals surface area contributed by atoms with Gasteiger partial charge in [0.15, 0.2) is 0 Å². The van der Waals surface area contributed by atoms with Crippen LogP contribution in [-0.2, 0) is 0 Å². The first kappa shape index (κ1) is 10.9. The van der Waals surface area contributed by atoms with Gasteiger partial charge in [0, 0.05) is 5.69 Å². The fourth-order valence-corrected chi connectivity index (χ4v) is 0.935. The van der Waals surface area contributed by atoms with Crippen LogP contribution in [0, 0.1) is 22.9 Å². The Hall–Kier alpha value is -1.14. The van der Waals surface area contributed by atoms with Gasteiger partial charge in [0.2, 0.25) is 0 Å².